The molecule has 0 aliphatic carbocycles. The van der Waals surface area contributed by atoms with Gasteiger partial charge < -0.3 is 11.1 Å². The molecule has 0 aliphatic rings. The van der Waals surface area contributed by atoms with Gasteiger partial charge in [0.1, 0.15) is 11.6 Å². The van der Waals surface area contributed by atoms with Crippen molar-refractivity contribution in [3.63, 3.8) is 0 Å². The zero-order valence-corrected chi connectivity index (χ0v) is 12.4. The van der Waals surface area contributed by atoms with Crippen molar-refractivity contribution in [2.75, 3.05) is 5.73 Å². The highest BCUT2D eigenvalue weighted by molar-refractivity contribution is 5.94. The van der Waals surface area contributed by atoms with Crippen LogP contribution in [0, 0.1) is 6.92 Å². The van der Waals surface area contributed by atoms with Gasteiger partial charge in [0.2, 0.25) is 0 Å². The van der Waals surface area contributed by atoms with Gasteiger partial charge in [-0.05, 0) is 31.0 Å². The number of aromatic nitrogens is 3. The SMILES string of the molecule is Cc1nccc(CNC(=O)c2cc(N)nc(C(C)C)c2)n1. The number of carbonyl (C=O) groups excluding carboxylic acids is 1. The average molecular weight is 285 g/mol. The third-order valence-corrected chi connectivity index (χ3v) is 2.98. The predicted molar refractivity (Wildman–Crippen MR) is 80.7 cm³/mol. The van der Waals surface area contributed by atoms with Gasteiger partial charge in [-0.3, -0.25) is 4.79 Å². The van der Waals surface area contributed by atoms with Crippen molar-refractivity contribution in [3.8, 4) is 0 Å². The molecule has 0 radical (unpaired) electrons. The highest BCUT2D eigenvalue weighted by Gasteiger charge is 2.11. The van der Waals surface area contributed by atoms with Crippen LogP contribution in [0.15, 0.2) is 24.4 Å². The van der Waals surface area contributed by atoms with Gasteiger partial charge in [-0.25, -0.2) is 15.0 Å². The van der Waals surface area contributed by atoms with Gasteiger partial charge in [0.05, 0.1) is 12.2 Å². The Hall–Kier alpha value is -2.50. The normalized spacial score (nSPS) is 10.7. The number of amides is 1. The van der Waals surface area contributed by atoms with Crippen molar-refractivity contribution in [3.05, 3.63) is 47.2 Å². The molecule has 0 fully saturated rings. The Bertz CT molecular complexity index is 654. The van der Waals surface area contributed by atoms with Crippen LogP contribution in [0.25, 0.3) is 0 Å². The lowest BCUT2D eigenvalue weighted by Crippen LogP contribution is -2.24. The van der Waals surface area contributed by atoms with E-state index in [1.165, 1.54) is 0 Å². The highest BCUT2D eigenvalue weighted by atomic mass is 16.1. The number of nitrogens with two attached hydrogens (primary N) is 1. The summed E-state index contributed by atoms with van der Waals surface area (Å²) < 4.78 is 0. The van der Waals surface area contributed by atoms with Gasteiger partial charge in [0.25, 0.3) is 5.91 Å². The van der Waals surface area contributed by atoms with Crippen molar-refractivity contribution >= 4 is 11.7 Å². The number of nitrogens with zero attached hydrogens (tertiary/aromatic N) is 3. The molecule has 0 unspecified atom stereocenters. The molecule has 2 aromatic rings. The highest BCUT2D eigenvalue weighted by Crippen LogP contribution is 2.16. The summed E-state index contributed by atoms with van der Waals surface area (Å²) in [6.45, 7) is 6.17. The van der Waals surface area contributed by atoms with Crippen molar-refractivity contribution in [2.45, 2.75) is 33.2 Å². The van der Waals surface area contributed by atoms with E-state index in [4.69, 9.17) is 5.73 Å². The summed E-state index contributed by atoms with van der Waals surface area (Å²) in [6.07, 6.45) is 1.67. The van der Waals surface area contributed by atoms with E-state index < -0.39 is 0 Å². The molecule has 2 aromatic heterocycles. The topological polar surface area (TPSA) is 93.8 Å². The van der Waals surface area contributed by atoms with E-state index in [-0.39, 0.29) is 11.8 Å². The lowest BCUT2D eigenvalue weighted by atomic mass is 10.1. The molecule has 6 heteroatoms. The minimum Gasteiger partial charge on any atom is -0.384 e. The average Bonchev–Trinajstić information content (AvgIpc) is 2.44. The van der Waals surface area contributed by atoms with Crippen LogP contribution in [0.2, 0.25) is 0 Å². The molecule has 0 bridgehead atoms. The van der Waals surface area contributed by atoms with Crippen molar-refractivity contribution in [2.24, 2.45) is 0 Å². The molecule has 2 heterocycles. The number of carbonyl (C=O) groups is 1. The number of aryl methyl sites for hydroxylation is 1. The van der Waals surface area contributed by atoms with Gasteiger partial charge in [0.15, 0.2) is 0 Å². The fourth-order valence-corrected chi connectivity index (χ4v) is 1.88. The smallest absolute Gasteiger partial charge is 0.251 e. The number of nitrogen functional groups attached to an aromatic ring is 1. The standard InChI is InChI=1S/C15H19N5O/c1-9(2)13-6-11(7-14(16)20-13)15(21)18-8-12-4-5-17-10(3)19-12/h4-7,9H,8H2,1-3H3,(H2,16,20)(H,18,21). The van der Waals surface area contributed by atoms with Crippen LogP contribution in [0.3, 0.4) is 0 Å². The van der Waals surface area contributed by atoms with Crippen LogP contribution in [0.4, 0.5) is 5.82 Å². The van der Waals surface area contributed by atoms with E-state index in [9.17, 15) is 4.79 Å². The maximum absolute atomic E-state index is 12.2. The fraction of sp³-hybridized carbons (Fsp3) is 0.333. The number of anilines is 1. The molecule has 0 saturated heterocycles. The Labute approximate surface area is 123 Å². The van der Waals surface area contributed by atoms with Crippen LogP contribution in [0.1, 0.15) is 47.3 Å². The van der Waals surface area contributed by atoms with E-state index in [0.29, 0.717) is 23.8 Å². The summed E-state index contributed by atoms with van der Waals surface area (Å²) in [5.41, 5.74) is 7.83. The van der Waals surface area contributed by atoms with Crippen molar-refractivity contribution in [1.82, 2.24) is 20.3 Å². The molecule has 0 aliphatic heterocycles. The van der Waals surface area contributed by atoms with E-state index in [1.807, 2.05) is 20.8 Å². The second-order valence-electron chi connectivity index (χ2n) is 5.14. The van der Waals surface area contributed by atoms with Crippen molar-refractivity contribution < 1.29 is 4.79 Å². The molecule has 2 rings (SSSR count). The molecule has 0 saturated carbocycles. The summed E-state index contributed by atoms with van der Waals surface area (Å²) in [4.78, 5) is 24.7. The second-order valence-corrected chi connectivity index (χ2v) is 5.14. The van der Waals surface area contributed by atoms with E-state index in [1.54, 1.807) is 24.4 Å². The van der Waals surface area contributed by atoms with Gasteiger partial charge >= 0.3 is 0 Å². The maximum Gasteiger partial charge on any atom is 0.251 e. The molecular weight excluding hydrogens is 266 g/mol. The first-order valence-corrected chi connectivity index (χ1v) is 6.80. The monoisotopic (exact) mass is 285 g/mol. The first-order chi connectivity index (χ1) is 9.95. The Morgan fingerprint density at radius 2 is 2.10 bits per heavy atom. The van der Waals surface area contributed by atoms with E-state index >= 15 is 0 Å². The first-order valence-electron chi connectivity index (χ1n) is 6.80. The minimum absolute atomic E-state index is 0.192. The molecule has 1 amide bonds. The Kier molecular flexibility index (Phi) is 4.47. The molecule has 3 N–H and O–H groups in total. The van der Waals surface area contributed by atoms with E-state index in [0.717, 1.165) is 11.4 Å². The number of nitrogens with one attached hydrogen (secondary N) is 1. The van der Waals surface area contributed by atoms with Crippen LogP contribution >= 0.6 is 0 Å². The minimum atomic E-state index is -0.192. The van der Waals surface area contributed by atoms with Gasteiger partial charge in [-0.2, -0.15) is 0 Å². The summed E-state index contributed by atoms with van der Waals surface area (Å²) in [5.74, 6) is 1.05. The van der Waals surface area contributed by atoms with Gasteiger partial charge in [-0.15, -0.1) is 0 Å². The lowest BCUT2D eigenvalue weighted by molar-refractivity contribution is 0.0950. The lowest BCUT2D eigenvalue weighted by Gasteiger charge is -2.09. The van der Waals surface area contributed by atoms with Gasteiger partial charge in [0, 0.05) is 17.5 Å². The second kappa shape index (κ2) is 6.30. The van der Waals surface area contributed by atoms with Crippen molar-refractivity contribution in [1.29, 1.82) is 0 Å². The van der Waals surface area contributed by atoms with Gasteiger partial charge in [-0.1, -0.05) is 13.8 Å². The zero-order chi connectivity index (χ0) is 15.4. The third-order valence-electron chi connectivity index (χ3n) is 2.98. The largest absolute Gasteiger partial charge is 0.384 e. The predicted octanol–water partition coefficient (Wildman–Crippen LogP) is 1.82. The number of pyridine rings is 1. The van der Waals surface area contributed by atoms with Crippen LogP contribution < -0.4 is 11.1 Å². The van der Waals surface area contributed by atoms with Crippen LogP contribution in [-0.2, 0) is 6.54 Å². The molecule has 21 heavy (non-hydrogen) atoms. The Morgan fingerprint density at radius 1 is 1.33 bits per heavy atom. The molecule has 110 valence electrons. The number of hydrogen-bond donors (Lipinski definition) is 2. The summed E-state index contributed by atoms with van der Waals surface area (Å²) in [6, 6.07) is 5.11. The van der Waals surface area contributed by atoms with E-state index in [2.05, 4.69) is 20.3 Å². The summed E-state index contributed by atoms with van der Waals surface area (Å²) >= 11 is 0. The zero-order valence-electron chi connectivity index (χ0n) is 12.4. The molecule has 0 spiro atoms. The number of hydrogen-bond acceptors (Lipinski definition) is 5. The summed E-state index contributed by atoms with van der Waals surface area (Å²) in [7, 11) is 0. The first kappa shape index (κ1) is 14.9. The maximum atomic E-state index is 12.2. The Balaban J connectivity index is 2.10. The van der Waals surface area contributed by atoms with Crippen LogP contribution in [-0.4, -0.2) is 20.9 Å². The summed E-state index contributed by atoms with van der Waals surface area (Å²) in [5, 5.41) is 2.82. The molecule has 0 atom stereocenters. The van der Waals surface area contributed by atoms with Crippen LogP contribution in [0.5, 0.6) is 0 Å². The fourth-order valence-electron chi connectivity index (χ4n) is 1.88. The molecular formula is C15H19N5O. The number of rotatable bonds is 4. The Morgan fingerprint density at radius 3 is 2.76 bits per heavy atom. The molecule has 0 aromatic carbocycles. The third kappa shape index (κ3) is 3.98. The molecule has 6 nitrogen and oxygen atoms in total. The quantitative estimate of drug-likeness (QED) is 0.893.